The minimum Gasteiger partial charge on any atom is -0.872 e. The molecule has 1 aliphatic carbocycles. The number of aromatic hydroxyl groups is 3. The monoisotopic (exact) mass is 906 g/mol. The highest BCUT2D eigenvalue weighted by molar-refractivity contribution is 5.62. The zero-order valence-electron chi connectivity index (χ0n) is 33.4. The van der Waals surface area contributed by atoms with Crippen LogP contribution in [0.25, 0.3) is 0 Å². The van der Waals surface area contributed by atoms with Crippen molar-refractivity contribution in [1.29, 1.82) is 0 Å². The highest BCUT2D eigenvalue weighted by Gasteiger charge is 2.28. The molecular weight excluding hydrogens is 876 g/mol. The molecule has 24 heteroatoms. The molecule has 6 N–H and O–H groups in total. The van der Waals surface area contributed by atoms with E-state index in [9.17, 15) is 91.3 Å². The fourth-order valence-electron chi connectivity index (χ4n) is 7.91. The van der Waals surface area contributed by atoms with Crippen molar-refractivity contribution in [3.63, 3.8) is 0 Å². The van der Waals surface area contributed by atoms with Gasteiger partial charge in [-0.25, -0.2) is 15.6 Å². The van der Waals surface area contributed by atoms with Gasteiger partial charge >= 0.3 is 17.1 Å². The number of nitro benzene ring substituents is 3. The van der Waals surface area contributed by atoms with Gasteiger partial charge in [0.2, 0.25) is 0 Å². The van der Waals surface area contributed by atoms with Gasteiger partial charge in [-0.3, -0.25) is 30.3 Å². The maximum absolute atomic E-state index is 14.1. The van der Waals surface area contributed by atoms with Crippen LogP contribution in [0.2, 0.25) is 0 Å². The molecule has 6 aromatic carbocycles. The number of nitrogens with zero attached hydrogens (tertiary/aromatic N) is 6. The van der Waals surface area contributed by atoms with E-state index in [1.807, 2.05) is 0 Å². The molecule has 0 saturated heterocycles. The Morgan fingerprint density at radius 1 is 0.303 bits per heavy atom. The summed E-state index contributed by atoms with van der Waals surface area (Å²) in [5.74, 6) is -4.99. The standard InChI is InChI=1S/C42H30N6O18/c49-37-19-1-20-8-32(44(57)58)10-22(38(20)50)3-24-12-34(46(61)62)14-26(40(24)52)5-28-16-36(48(65)66)18-30(42(28)54)6-29-17-35(47(63)64)15-27(41(29)53)4-25-13-33(45(59)60)11-23(39(25)51)2-21(37)9-31(7-19)43(55)56/h7-18H,1-6H2,(H6-3,49,50,51,52,53,54,55,56,57,58,59,60). The largest absolute Gasteiger partial charge is 0.872 e. The highest BCUT2D eigenvalue weighted by atomic mass is 16.6. The maximum atomic E-state index is 14.1. The van der Waals surface area contributed by atoms with Crippen molar-refractivity contribution >= 4 is 34.1 Å². The van der Waals surface area contributed by atoms with Gasteiger partial charge in [0.1, 0.15) is 17.2 Å². The molecule has 0 saturated carbocycles. The van der Waals surface area contributed by atoms with Crippen LogP contribution < -0.4 is 15.3 Å². The molecule has 0 fully saturated rings. The van der Waals surface area contributed by atoms with Crippen molar-refractivity contribution in [2.75, 3.05) is 0 Å². The molecule has 1 aliphatic rings. The second kappa shape index (κ2) is 17.0. The van der Waals surface area contributed by atoms with E-state index in [1.54, 1.807) is 0 Å². The van der Waals surface area contributed by atoms with Gasteiger partial charge in [-0.2, -0.15) is 0 Å². The summed E-state index contributed by atoms with van der Waals surface area (Å²) in [5.41, 5.74) is -8.26. The molecule has 0 aromatic heterocycles. The van der Waals surface area contributed by atoms with E-state index in [0.717, 1.165) is 72.8 Å². The van der Waals surface area contributed by atoms with Gasteiger partial charge < -0.3 is 30.6 Å². The van der Waals surface area contributed by atoms with Crippen LogP contribution >= 0.6 is 0 Å². The smallest absolute Gasteiger partial charge is 0.317 e. The third kappa shape index (κ3) is 8.63. The second-order valence-electron chi connectivity index (χ2n) is 15.3. The quantitative estimate of drug-likeness (QED) is 0.0943. The van der Waals surface area contributed by atoms with Crippen LogP contribution in [-0.4, -0.2) is 60.5 Å². The number of fused-ring (bicyclic) bond motifs is 12. The fourth-order valence-corrected chi connectivity index (χ4v) is 7.91. The number of nitro groups is 3. The first kappa shape index (κ1) is 44.6. The summed E-state index contributed by atoms with van der Waals surface area (Å²) in [7, 11) is 0. The van der Waals surface area contributed by atoms with Crippen LogP contribution in [0.3, 0.4) is 0 Å². The molecule has 336 valence electrons. The summed E-state index contributed by atoms with van der Waals surface area (Å²) in [6.07, 6.45) is -4.24. The third-order valence-corrected chi connectivity index (χ3v) is 11.0. The lowest BCUT2D eigenvalue weighted by Gasteiger charge is -2.25. The molecule has 66 heavy (non-hydrogen) atoms. The molecule has 0 atom stereocenters. The number of phenolic OH excluding ortho intramolecular Hbond substituents is 3. The summed E-state index contributed by atoms with van der Waals surface area (Å²) in [5, 5.41) is 143. The van der Waals surface area contributed by atoms with Crippen LogP contribution in [0.4, 0.5) is 34.1 Å². The second-order valence-corrected chi connectivity index (χ2v) is 15.3. The predicted octanol–water partition coefficient (Wildman–Crippen LogP) is 5.01. The first-order valence-corrected chi connectivity index (χ1v) is 19.0. The Bertz CT molecular complexity index is 2470. The summed E-state index contributed by atoms with van der Waals surface area (Å²) < 4.78 is 0. The lowest BCUT2D eigenvalue weighted by atomic mass is 9.90. The van der Waals surface area contributed by atoms with Gasteiger partial charge in [0.15, 0.2) is 0 Å². The van der Waals surface area contributed by atoms with Crippen molar-refractivity contribution in [1.82, 2.24) is 0 Å². The lowest BCUT2D eigenvalue weighted by Crippen LogP contribution is -2.10. The SMILES string of the molecule is O=[N+]([O-])c1cc2c([O-])c(c1)Cc1cc([N+](=O)[O-])cc(c1[O-])Cc1cc([N+](=O)O)cc(c1O)Cc1cc([N+](=O)O)cc(c1O)Cc1cc([N+](=O)O)cc(c1O)Cc1cc([N+](=O)[O-])cc(c1[O-])C2. The van der Waals surface area contributed by atoms with Crippen LogP contribution in [-0.2, 0) is 38.5 Å². The zero-order valence-corrected chi connectivity index (χ0v) is 33.4. The first-order valence-electron chi connectivity index (χ1n) is 19.0. The van der Waals surface area contributed by atoms with E-state index >= 15 is 0 Å². The average molecular weight is 907 g/mol. The molecule has 6 aromatic rings. The average Bonchev–Trinajstić information content (AvgIpc) is 3.24. The fraction of sp³-hybridized carbons (Fsp3) is 0.143. The maximum Gasteiger partial charge on any atom is 0.317 e. The lowest BCUT2D eigenvalue weighted by molar-refractivity contribution is -0.729. The Labute approximate surface area is 367 Å². The minimum absolute atomic E-state index is 0.267. The molecule has 7 rings (SSSR count). The highest BCUT2D eigenvalue weighted by Crippen LogP contribution is 2.42. The van der Waals surface area contributed by atoms with Crippen molar-refractivity contribution < 1.29 is 75.8 Å². The summed E-state index contributed by atoms with van der Waals surface area (Å²) in [6.45, 7) is 0. The van der Waals surface area contributed by atoms with Crippen molar-refractivity contribution in [2.24, 2.45) is 0 Å². The normalized spacial score (nSPS) is 12.4. The third-order valence-electron chi connectivity index (χ3n) is 11.0. The van der Waals surface area contributed by atoms with Gasteiger partial charge in [0, 0.05) is 132 Å². The van der Waals surface area contributed by atoms with Crippen molar-refractivity contribution in [3.8, 4) is 34.5 Å². The number of hydrogen-bond donors (Lipinski definition) is 6. The van der Waals surface area contributed by atoms with E-state index < -0.39 is 170 Å². The Kier molecular flexibility index (Phi) is 11.5. The Morgan fingerprint density at radius 3 is 0.621 bits per heavy atom. The van der Waals surface area contributed by atoms with Gasteiger partial charge in [-0.15, -0.1) is 17.2 Å². The van der Waals surface area contributed by atoms with E-state index in [2.05, 4.69) is 0 Å². The summed E-state index contributed by atoms with van der Waals surface area (Å²) >= 11 is 0. The Morgan fingerprint density at radius 2 is 0.455 bits per heavy atom. The number of rotatable bonds is 6. The van der Waals surface area contributed by atoms with Crippen LogP contribution in [0, 0.1) is 45.1 Å². The molecular formula is C42H30N6O18. The molecule has 12 bridgehead atoms. The molecule has 24 nitrogen and oxygen atoms in total. The topological polar surface area (TPSA) is 380 Å². The Hall–Kier alpha value is -9.48. The van der Waals surface area contributed by atoms with E-state index in [1.165, 1.54) is 0 Å². The van der Waals surface area contributed by atoms with Gasteiger partial charge in [-0.1, -0.05) is 0 Å². The van der Waals surface area contributed by atoms with Gasteiger partial charge in [0.05, 0.1) is 29.5 Å². The number of hydrogen-bond acceptors (Lipinski definition) is 15. The number of non-ortho nitro benzene ring substituents is 3. The van der Waals surface area contributed by atoms with Crippen LogP contribution in [0.15, 0.2) is 72.8 Å². The van der Waals surface area contributed by atoms with E-state index in [-0.39, 0.29) is 33.4 Å². The van der Waals surface area contributed by atoms with Crippen molar-refractivity contribution in [2.45, 2.75) is 38.5 Å². The van der Waals surface area contributed by atoms with E-state index in [0.29, 0.717) is 0 Å². The van der Waals surface area contributed by atoms with Gasteiger partial charge in [-0.05, 0) is 46.2 Å². The van der Waals surface area contributed by atoms with Crippen LogP contribution in [0.5, 0.6) is 34.5 Å². The summed E-state index contributed by atoms with van der Waals surface area (Å²) in [6, 6.07) is 10.5. The molecule has 0 radical (unpaired) electrons. The predicted molar refractivity (Wildman–Crippen MR) is 214 cm³/mol. The van der Waals surface area contributed by atoms with Crippen molar-refractivity contribution in [3.05, 3.63) is 185 Å². The number of phenols is 3. The molecule has 0 aliphatic heterocycles. The minimum atomic E-state index is -0.993. The number of benzene rings is 6. The molecule has 0 unspecified atom stereocenters. The van der Waals surface area contributed by atoms with E-state index in [4.69, 9.17) is 0 Å². The molecule has 0 spiro atoms. The van der Waals surface area contributed by atoms with Crippen LogP contribution in [0.1, 0.15) is 66.8 Å². The first-order chi connectivity index (χ1) is 31.1. The zero-order chi connectivity index (χ0) is 48.0. The van der Waals surface area contributed by atoms with Gasteiger partial charge in [0.25, 0.3) is 31.8 Å². The molecule has 0 heterocycles. The molecule has 0 amide bonds. The Balaban J connectivity index is 1.54. The summed E-state index contributed by atoms with van der Waals surface area (Å²) in [4.78, 5) is 68.8.